The van der Waals surface area contributed by atoms with Gasteiger partial charge in [-0.05, 0) is 20.8 Å². The highest BCUT2D eigenvalue weighted by atomic mass is 16.7. The monoisotopic (exact) mass is 212 g/mol. The lowest BCUT2D eigenvalue weighted by atomic mass is 10.0. The summed E-state index contributed by atoms with van der Waals surface area (Å²) in [6, 6.07) is 2.09. The van der Waals surface area contributed by atoms with Crippen LogP contribution in [-0.2, 0) is 4.74 Å². The number of ether oxygens (including phenoxy) is 1. The molecule has 0 aromatic heterocycles. The molecule has 0 saturated carbocycles. The molecular weight excluding hydrogens is 196 g/mol. The Labute approximate surface area is 89.3 Å². The van der Waals surface area contributed by atoms with Crippen LogP contribution in [0, 0.1) is 17.2 Å². The van der Waals surface area contributed by atoms with Crippen molar-refractivity contribution in [1.29, 1.82) is 5.26 Å². The van der Waals surface area contributed by atoms with Crippen LogP contribution in [0.25, 0.3) is 0 Å². The third-order valence-corrected chi connectivity index (χ3v) is 1.50. The zero-order valence-corrected chi connectivity index (χ0v) is 9.20. The zero-order chi connectivity index (χ0) is 12.1. The van der Waals surface area contributed by atoms with E-state index in [0.29, 0.717) is 0 Å². The van der Waals surface area contributed by atoms with Crippen LogP contribution < -0.4 is 5.32 Å². The molecule has 0 spiro atoms. The number of nitrogens with zero attached hydrogens (tertiary/aromatic N) is 1. The minimum absolute atomic E-state index is 0.0833. The maximum Gasteiger partial charge on any atom is 0.506 e. The van der Waals surface area contributed by atoms with Gasteiger partial charge in [0.1, 0.15) is 11.5 Å². The van der Waals surface area contributed by atoms with Crippen molar-refractivity contribution in [3.63, 3.8) is 0 Å². The van der Waals surface area contributed by atoms with Crippen LogP contribution in [0.2, 0.25) is 0 Å². The Morgan fingerprint density at radius 3 is 2.27 bits per heavy atom. The van der Waals surface area contributed by atoms with E-state index in [9.17, 15) is 4.79 Å². The first-order valence-electron chi connectivity index (χ1n) is 4.50. The lowest BCUT2D eigenvalue weighted by molar-refractivity contribution is 0.0150. The van der Waals surface area contributed by atoms with Crippen LogP contribution >= 0.6 is 0 Å². The number of nitrogens with one attached hydrogen (secondary N) is 1. The van der Waals surface area contributed by atoms with Crippen LogP contribution in [0.3, 0.4) is 0 Å². The number of nitriles is 1. The van der Waals surface area contributed by atoms with Gasteiger partial charge in [-0.25, -0.2) is 4.79 Å². The Hall–Kier alpha value is -1.70. The fourth-order valence-corrected chi connectivity index (χ4v) is 0.734. The summed E-state index contributed by atoms with van der Waals surface area (Å²) < 4.78 is 4.35. The van der Waals surface area contributed by atoms with E-state index in [4.69, 9.17) is 10.4 Å². The molecule has 2 N–H and O–H groups in total. The second-order valence-electron chi connectivity index (χ2n) is 4.07. The van der Waals surface area contributed by atoms with Crippen molar-refractivity contribution in [1.82, 2.24) is 5.32 Å². The van der Waals surface area contributed by atoms with Crippen molar-refractivity contribution < 1.29 is 14.6 Å². The van der Waals surface area contributed by atoms with Crippen molar-refractivity contribution in [3.8, 4) is 6.07 Å². The predicted octanol–water partition coefficient (Wildman–Crippen LogP) is 1.72. The molecule has 15 heavy (non-hydrogen) atoms. The normalized spacial score (nSPS) is 18.5. The Bertz CT molecular complexity index is 286. The maximum atomic E-state index is 9.79. The first-order chi connectivity index (χ1) is 6.76. The molecule has 0 radical (unpaired) electrons. The zero-order valence-electron chi connectivity index (χ0n) is 9.20. The number of hydrogen-bond donors (Lipinski definition) is 2. The molecule has 1 saturated heterocycles. The van der Waals surface area contributed by atoms with Crippen LogP contribution in [0.1, 0.15) is 20.8 Å². The second kappa shape index (κ2) is 5.25. The second-order valence-corrected chi connectivity index (χ2v) is 4.07. The van der Waals surface area contributed by atoms with E-state index < -0.39 is 11.8 Å². The highest BCUT2D eigenvalue weighted by molar-refractivity contribution is 5.57. The minimum atomic E-state index is -1.22. The molecule has 84 valence electrons. The summed E-state index contributed by atoms with van der Waals surface area (Å²) in [5.74, 6) is 0.0833. The standard InChI is InChI=1S/C5H6N2.C5H10O3/c1-4-5(2-6)3-7-4;1-5(2,3)8-4(6)7/h5,7H,1,3H2;1-3H3,(H,6,7). The van der Waals surface area contributed by atoms with E-state index in [0.717, 1.165) is 12.2 Å². The largest absolute Gasteiger partial charge is 0.506 e. The molecule has 1 aliphatic heterocycles. The SMILES string of the molecule is C=C1NCC1C#N.CC(C)(C)OC(=O)O. The molecule has 1 atom stereocenters. The third-order valence-electron chi connectivity index (χ3n) is 1.50. The summed E-state index contributed by atoms with van der Waals surface area (Å²) in [6.07, 6.45) is -1.22. The van der Waals surface area contributed by atoms with Gasteiger partial charge in [-0.15, -0.1) is 0 Å². The van der Waals surface area contributed by atoms with Gasteiger partial charge in [-0.1, -0.05) is 6.58 Å². The molecule has 0 amide bonds. The van der Waals surface area contributed by atoms with Gasteiger partial charge in [-0.3, -0.25) is 0 Å². The predicted molar refractivity (Wildman–Crippen MR) is 55.1 cm³/mol. The molecule has 1 rings (SSSR count). The van der Waals surface area contributed by atoms with E-state index in [-0.39, 0.29) is 5.92 Å². The summed E-state index contributed by atoms with van der Waals surface area (Å²) in [4.78, 5) is 9.79. The summed E-state index contributed by atoms with van der Waals surface area (Å²) in [5, 5.41) is 19.1. The van der Waals surface area contributed by atoms with E-state index in [1.807, 2.05) is 0 Å². The van der Waals surface area contributed by atoms with Gasteiger partial charge in [0.05, 0.1) is 6.07 Å². The summed E-state index contributed by atoms with van der Waals surface area (Å²) >= 11 is 0. The Kier molecular flexibility index (Phi) is 4.65. The first-order valence-corrected chi connectivity index (χ1v) is 4.50. The maximum absolute atomic E-state index is 9.79. The third kappa shape index (κ3) is 6.38. The van der Waals surface area contributed by atoms with Gasteiger partial charge in [0, 0.05) is 12.2 Å². The Morgan fingerprint density at radius 1 is 1.73 bits per heavy atom. The van der Waals surface area contributed by atoms with Crippen LogP contribution in [0.4, 0.5) is 4.79 Å². The summed E-state index contributed by atoms with van der Waals surface area (Å²) in [6.45, 7) is 9.41. The number of carbonyl (C=O) groups is 1. The van der Waals surface area contributed by atoms with Crippen LogP contribution in [0.5, 0.6) is 0 Å². The Balaban J connectivity index is 0.000000262. The topological polar surface area (TPSA) is 82.3 Å². The van der Waals surface area contributed by atoms with Gasteiger partial charge in [0.15, 0.2) is 0 Å². The molecular formula is C10H16N2O3. The molecule has 5 nitrogen and oxygen atoms in total. The van der Waals surface area contributed by atoms with E-state index >= 15 is 0 Å². The smallest absolute Gasteiger partial charge is 0.450 e. The molecule has 1 heterocycles. The number of hydrogen-bond acceptors (Lipinski definition) is 4. The highest BCUT2D eigenvalue weighted by Gasteiger charge is 2.19. The average Bonchev–Trinajstić information content (AvgIpc) is 1.99. The van der Waals surface area contributed by atoms with E-state index in [2.05, 4.69) is 22.7 Å². The molecule has 1 fully saturated rings. The van der Waals surface area contributed by atoms with Crippen LogP contribution in [-0.4, -0.2) is 23.4 Å². The lowest BCUT2D eigenvalue weighted by Gasteiger charge is -2.24. The van der Waals surface area contributed by atoms with Gasteiger partial charge in [0.2, 0.25) is 0 Å². The molecule has 0 aliphatic carbocycles. The van der Waals surface area contributed by atoms with Crippen molar-refractivity contribution in [2.75, 3.05) is 6.54 Å². The molecule has 5 heteroatoms. The van der Waals surface area contributed by atoms with E-state index in [1.165, 1.54) is 0 Å². The molecule has 0 aromatic carbocycles. The summed E-state index contributed by atoms with van der Waals surface area (Å²) in [5.41, 5.74) is 0.286. The summed E-state index contributed by atoms with van der Waals surface area (Å²) in [7, 11) is 0. The van der Waals surface area contributed by atoms with Gasteiger partial charge >= 0.3 is 6.16 Å². The minimum Gasteiger partial charge on any atom is -0.450 e. The highest BCUT2D eigenvalue weighted by Crippen LogP contribution is 2.11. The van der Waals surface area contributed by atoms with Crippen molar-refractivity contribution in [3.05, 3.63) is 12.3 Å². The Morgan fingerprint density at radius 2 is 2.27 bits per heavy atom. The molecule has 1 aliphatic rings. The molecule has 1 unspecified atom stereocenters. The van der Waals surface area contributed by atoms with E-state index in [1.54, 1.807) is 20.8 Å². The first kappa shape index (κ1) is 13.3. The quantitative estimate of drug-likeness (QED) is 0.597. The van der Waals surface area contributed by atoms with Crippen molar-refractivity contribution in [2.24, 2.45) is 5.92 Å². The van der Waals surface area contributed by atoms with Crippen molar-refractivity contribution >= 4 is 6.16 Å². The fourth-order valence-electron chi connectivity index (χ4n) is 0.734. The van der Waals surface area contributed by atoms with Crippen molar-refractivity contribution in [2.45, 2.75) is 26.4 Å². The van der Waals surface area contributed by atoms with Crippen LogP contribution in [0.15, 0.2) is 12.3 Å². The molecule has 0 bridgehead atoms. The molecule has 0 aromatic rings. The van der Waals surface area contributed by atoms with Gasteiger partial charge in [0.25, 0.3) is 0 Å². The van der Waals surface area contributed by atoms with Gasteiger partial charge < -0.3 is 15.2 Å². The number of rotatable bonds is 0. The fraction of sp³-hybridized carbons (Fsp3) is 0.600. The van der Waals surface area contributed by atoms with Gasteiger partial charge in [-0.2, -0.15) is 5.26 Å². The lowest BCUT2D eigenvalue weighted by Crippen LogP contribution is -2.37. The average molecular weight is 212 g/mol. The number of carboxylic acid groups (broad SMARTS) is 1.